The number of phenols is 1. The van der Waals surface area contributed by atoms with Crippen molar-refractivity contribution >= 4 is 5.57 Å². The van der Waals surface area contributed by atoms with Gasteiger partial charge in [-0.15, -0.1) is 0 Å². The summed E-state index contributed by atoms with van der Waals surface area (Å²) in [5.41, 5.74) is 3.77. The first kappa shape index (κ1) is 20.6. The average molecular weight is 383 g/mol. The maximum Gasteiger partial charge on any atom is 0.179 e. The molecule has 0 amide bonds. The zero-order chi connectivity index (χ0) is 20.5. The molecule has 4 heteroatoms. The van der Waals surface area contributed by atoms with Crippen LogP contribution in [0.3, 0.4) is 0 Å². The van der Waals surface area contributed by atoms with Gasteiger partial charge in [0.2, 0.25) is 0 Å². The van der Waals surface area contributed by atoms with E-state index in [4.69, 9.17) is 4.74 Å². The fourth-order valence-corrected chi connectivity index (χ4v) is 4.64. The van der Waals surface area contributed by atoms with E-state index in [1.54, 1.807) is 4.90 Å². The number of nitrogens with zero attached hydrogens (tertiary/aromatic N) is 2. The number of nitriles is 1. The normalized spacial score (nSPS) is 19.9. The molecule has 0 bridgehead atoms. The molecule has 0 spiro atoms. The van der Waals surface area contributed by atoms with E-state index in [-0.39, 0.29) is 5.75 Å². The minimum atomic E-state index is -0.412. The largest absolute Gasteiger partial charge is 0.507 e. The fraction of sp³-hybridized carbons (Fsp3) is 0.625. The lowest BCUT2D eigenvalue weighted by Gasteiger charge is -2.41. The molecule has 2 heterocycles. The van der Waals surface area contributed by atoms with E-state index in [9.17, 15) is 10.4 Å². The summed E-state index contributed by atoms with van der Waals surface area (Å²) in [6.45, 7) is 12.2. The van der Waals surface area contributed by atoms with Crippen LogP contribution in [0.25, 0.3) is 5.57 Å². The monoisotopic (exact) mass is 382 g/mol. The number of benzene rings is 1. The Morgan fingerprint density at radius 1 is 1.29 bits per heavy atom. The molecule has 4 nitrogen and oxygen atoms in total. The van der Waals surface area contributed by atoms with Gasteiger partial charge in [-0.2, -0.15) is 5.26 Å². The van der Waals surface area contributed by atoms with E-state index < -0.39 is 5.60 Å². The minimum Gasteiger partial charge on any atom is -0.507 e. The zero-order valence-electron chi connectivity index (χ0n) is 18.0. The third-order valence-electron chi connectivity index (χ3n) is 6.63. The van der Waals surface area contributed by atoms with Crippen LogP contribution in [-0.2, 0) is 0 Å². The molecule has 28 heavy (non-hydrogen) atoms. The van der Waals surface area contributed by atoms with E-state index in [0.717, 1.165) is 28.9 Å². The molecule has 0 saturated carbocycles. The third-order valence-corrected chi connectivity index (χ3v) is 6.63. The van der Waals surface area contributed by atoms with Crippen LogP contribution >= 0.6 is 0 Å². The smallest absolute Gasteiger partial charge is 0.179 e. The molecule has 0 aliphatic carbocycles. The second kappa shape index (κ2) is 8.07. The lowest BCUT2D eigenvalue weighted by Crippen LogP contribution is -2.41. The highest BCUT2D eigenvalue weighted by molar-refractivity contribution is 5.82. The number of unbranched alkanes of at least 4 members (excludes halogenated alkanes) is 2. The molecule has 0 fully saturated rings. The van der Waals surface area contributed by atoms with Gasteiger partial charge in [0.05, 0.1) is 12.1 Å². The Kier molecular flexibility index (Phi) is 5.93. The molecule has 3 rings (SSSR count). The van der Waals surface area contributed by atoms with Crippen LogP contribution in [0, 0.1) is 17.4 Å². The van der Waals surface area contributed by atoms with Gasteiger partial charge in [-0.25, -0.2) is 0 Å². The van der Waals surface area contributed by atoms with Crippen molar-refractivity contribution in [2.24, 2.45) is 5.92 Å². The number of phenolic OH excluding ortho intramolecular Hbond substituents is 1. The molecule has 0 saturated heterocycles. The van der Waals surface area contributed by atoms with Crippen LogP contribution in [0.1, 0.15) is 83.8 Å². The van der Waals surface area contributed by atoms with Gasteiger partial charge in [0.15, 0.2) is 6.19 Å². The van der Waals surface area contributed by atoms with Crippen molar-refractivity contribution in [3.63, 3.8) is 0 Å². The second-order valence-electron chi connectivity index (χ2n) is 9.02. The Balaban J connectivity index is 1.95. The molecular weight excluding hydrogens is 348 g/mol. The van der Waals surface area contributed by atoms with Gasteiger partial charge in [0.1, 0.15) is 17.1 Å². The van der Waals surface area contributed by atoms with Crippen LogP contribution in [0.4, 0.5) is 0 Å². The summed E-state index contributed by atoms with van der Waals surface area (Å²) in [6, 6.07) is 4.03. The van der Waals surface area contributed by atoms with Crippen molar-refractivity contribution in [2.45, 2.75) is 78.2 Å². The average Bonchev–Trinajstić information content (AvgIpc) is 2.66. The van der Waals surface area contributed by atoms with Gasteiger partial charge < -0.3 is 14.7 Å². The molecule has 1 N–H and O–H groups in total. The van der Waals surface area contributed by atoms with E-state index in [1.165, 1.54) is 31.3 Å². The zero-order valence-corrected chi connectivity index (χ0v) is 18.0. The topological polar surface area (TPSA) is 56.5 Å². The van der Waals surface area contributed by atoms with Crippen molar-refractivity contribution in [3.8, 4) is 17.7 Å². The maximum atomic E-state index is 10.9. The van der Waals surface area contributed by atoms with Crippen molar-refractivity contribution in [1.82, 2.24) is 4.90 Å². The minimum absolute atomic E-state index is 0.280. The van der Waals surface area contributed by atoms with Crippen molar-refractivity contribution in [1.29, 1.82) is 5.26 Å². The Morgan fingerprint density at radius 3 is 2.71 bits per heavy atom. The van der Waals surface area contributed by atoms with Gasteiger partial charge in [-0.3, -0.25) is 0 Å². The Morgan fingerprint density at radius 2 is 2.04 bits per heavy atom. The molecular formula is C24H34N2O2. The Labute approximate surface area is 169 Å². The van der Waals surface area contributed by atoms with Gasteiger partial charge in [-0.1, -0.05) is 46.5 Å². The van der Waals surface area contributed by atoms with Crippen molar-refractivity contribution < 1.29 is 9.84 Å². The number of fused-ring (bicyclic) bond motifs is 2. The van der Waals surface area contributed by atoms with E-state index >= 15 is 0 Å². The Bertz CT molecular complexity index is 804. The molecule has 2 atom stereocenters. The van der Waals surface area contributed by atoms with Gasteiger partial charge in [0.25, 0.3) is 0 Å². The fourth-order valence-electron chi connectivity index (χ4n) is 4.64. The molecule has 2 unspecified atom stereocenters. The summed E-state index contributed by atoms with van der Waals surface area (Å²) >= 11 is 0. The van der Waals surface area contributed by atoms with Crippen LogP contribution < -0.4 is 4.74 Å². The molecule has 1 aromatic carbocycles. The number of hydrogen-bond acceptors (Lipinski definition) is 4. The second-order valence-corrected chi connectivity index (χ2v) is 9.02. The lowest BCUT2D eigenvalue weighted by atomic mass is 9.79. The molecule has 2 aliphatic heterocycles. The lowest BCUT2D eigenvalue weighted by molar-refractivity contribution is 0.134. The number of aromatic hydroxyl groups is 1. The summed E-state index contributed by atoms with van der Waals surface area (Å²) in [5, 5.41) is 20.3. The van der Waals surface area contributed by atoms with Gasteiger partial charge >= 0.3 is 0 Å². The number of rotatable bonds is 6. The highest BCUT2D eigenvalue weighted by Gasteiger charge is 2.39. The summed E-state index contributed by atoms with van der Waals surface area (Å²) in [6.07, 6.45) is 8.02. The van der Waals surface area contributed by atoms with Crippen LogP contribution in [0.5, 0.6) is 11.5 Å². The third kappa shape index (κ3) is 3.85. The standard InChI is InChI=1S/C24H34N2O2/c1-6-7-8-9-16(2)17(3)18-12-21(27)23-19-14-26(15-25)11-10-20(19)24(4,5)28-22(23)13-18/h12-13,16-17,27H,6-11,14H2,1-5H3. The van der Waals surface area contributed by atoms with E-state index in [0.29, 0.717) is 24.9 Å². The predicted octanol–water partition coefficient (Wildman–Crippen LogP) is 5.82. The molecule has 1 aromatic rings. The highest BCUT2D eigenvalue weighted by atomic mass is 16.5. The van der Waals surface area contributed by atoms with Gasteiger partial charge in [0, 0.05) is 6.54 Å². The van der Waals surface area contributed by atoms with Crippen molar-refractivity contribution in [2.75, 3.05) is 13.1 Å². The van der Waals surface area contributed by atoms with Crippen LogP contribution in [0.15, 0.2) is 17.7 Å². The molecule has 0 aromatic heterocycles. The predicted molar refractivity (Wildman–Crippen MR) is 113 cm³/mol. The molecule has 0 radical (unpaired) electrons. The molecule has 152 valence electrons. The number of ether oxygens (including phenoxy) is 1. The maximum absolute atomic E-state index is 10.9. The van der Waals surface area contributed by atoms with Gasteiger partial charge in [-0.05, 0) is 60.9 Å². The van der Waals surface area contributed by atoms with Crippen LogP contribution in [0.2, 0.25) is 0 Å². The summed E-state index contributed by atoms with van der Waals surface area (Å²) in [4.78, 5) is 1.76. The number of hydrogen-bond donors (Lipinski definition) is 1. The summed E-state index contributed by atoms with van der Waals surface area (Å²) < 4.78 is 6.39. The SMILES string of the molecule is CCCCCC(C)C(C)c1cc(O)c2c(c1)OC(C)(C)C1=C2CN(C#N)CC1. The van der Waals surface area contributed by atoms with E-state index in [1.807, 2.05) is 6.07 Å². The van der Waals surface area contributed by atoms with Crippen molar-refractivity contribution in [3.05, 3.63) is 28.8 Å². The first-order valence-electron chi connectivity index (χ1n) is 10.7. The summed E-state index contributed by atoms with van der Waals surface area (Å²) in [5.74, 6) is 1.95. The summed E-state index contributed by atoms with van der Waals surface area (Å²) in [7, 11) is 0. The first-order chi connectivity index (χ1) is 13.3. The Hall–Kier alpha value is -2.15. The van der Waals surface area contributed by atoms with Crippen LogP contribution in [-0.4, -0.2) is 28.7 Å². The first-order valence-corrected chi connectivity index (χ1v) is 10.7. The molecule has 2 aliphatic rings. The van der Waals surface area contributed by atoms with E-state index in [2.05, 4.69) is 46.9 Å². The quantitative estimate of drug-likeness (QED) is 0.497. The highest BCUT2D eigenvalue weighted by Crippen LogP contribution is 2.49.